The molecule has 0 aliphatic heterocycles. The van der Waals surface area contributed by atoms with Gasteiger partial charge in [-0.2, -0.15) is 0 Å². The van der Waals surface area contributed by atoms with E-state index in [9.17, 15) is 0 Å². The molecule has 0 heterocycles. The number of hydrogen-bond donors (Lipinski definition) is 1. The Morgan fingerprint density at radius 2 is 1.61 bits per heavy atom. The Morgan fingerprint density at radius 3 is 2.25 bits per heavy atom. The van der Waals surface area contributed by atoms with E-state index < -0.39 is 0 Å². The Kier molecular flexibility index (Phi) is 5.19. The van der Waals surface area contributed by atoms with Crippen molar-refractivity contribution in [1.29, 1.82) is 0 Å². The molecule has 0 spiro atoms. The largest absolute Gasteiger partial charge is 0.489 e. The van der Waals surface area contributed by atoms with Crippen molar-refractivity contribution in [3.8, 4) is 5.75 Å². The summed E-state index contributed by atoms with van der Waals surface area (Å²) >= 11 is 9.62. The number of halogens is 2. The fraction of sp³-hybridized carbons (Fsp3) is 0.500. The van der Waals surface area contributed by atoms with Gasteiger partial charge in [0.2, 0.25) is 0 Å². The second-order valence-electron chi connectivity index (χ2n) is 9.22. The minimum Gasteiger partial charge on any atom is -0.489 e. The lowest BCUT2D eigenvalue weighted by molar-refractivity contribution is -0.0206. The summed E-state index contributed by atoms with van der Waals surface area (Å²) in [6, 6.07) is 14.2. The Hall–Kier alpha value is -1.03. The van der Waals surface area contributed by atoms with Crippen LogP contribution in [0.5, 0.6) is 5.75 Å². The molecule has 2 aromatic carbocycles. The van der Waals surface area contributed by atoms with Gasteiger partial charge in [0.1, 0.15) is 12.4 Å². The zero-order valence-corrected chi connectivity index (χ0v) is 18.4. The van der Waals surface area contributed by atoms with Crippen molar-refractivity contribution in [3.05, 3.63) is 63.1 Å². The molecule has 0 radical (unpaired) electrons. The molecular formula is C24H27BrClNO. The molecule has 2 aromatic rings. The summed E-state index contributed by atoms with van der Waals surface area (Å²) in [5, 5.41) is 4.76. The number of benzene rings is 2. The third kappa shape index (κ3) is 3.99. The van der Waals surface area contributed by atoms with Gasteiger partial charge in [-0.3, -0.25) is 0 Å². The van der Waals surface area contributed by atoms with Crippen LogP contribution in [0.4, 0.5) is 0 Å². The van der Waals surface area contributed by atoms with E-state index in [1.165, 1.54) is 44.1 Å². The van der Waals surface area contributed by atoms with Crippen molar-refractivity contribution in [1.82, 2.24) is 5.32 Å². The summed E-state index contributed by atoms with van der Waals surface area (Å²) in [7, 11) is 0. The first-order chi connectivity index (χ1) is 13.6. The zero-order valence-electron chi connectivity index (χ0n) is 16.1. The first kappa shape index (κ1) is 19.0. The van der Waals surface area contributed by atoms with E-state index in [0.717, 1.165) is 45.1 Å². The molecule has 6 rings (SSSR count). The highest BCUT2D eigenvalue weighted by Crippen LogP contribution is 2.55. The van der Waals surface area contributed by atoms with Crippen LogP contribution in [0.3, 0.4) is 0 Å². The smallest absolute Gasteiger partial charge is 0.124 e. The van der Waals surface area contributed by atoms with Crippen molar-refractivity contribution in [2.45, 2.75) is 57.2 Å². The van der Waals surface area contributed by atoms with Crippen LogP contribution in [-0.4, -0.2) is 5.54 Å². The third-order valence-electron chi connectivity index (χ3n) is 7.02. The monoisotopic (exact) mass is 459 g/mol. The molecule has 0 amide bonds. The van der Waals surface area contributed by atoms with Gasteiger partial charge in [0.25, 0.3) is 0 Å². The summed E-state index contributed by atoms with van der Waals surface area (Å²) in [5.41, 5.74) is 2.73. The van der Waals surface area contributed by atoms with Crippen molar-refractivity contribution in [2.24, 2.45) is 17.8 Å². The highest BCUT2D eigenvalue weighted by Gasteiger charge is 2.50. The lowest BCUT2D eigenvalue weighted by Gasteiger charge is -2.57. The molecule has 4 fully saturated rings. The van der Waals surface area contributed by atoms with Crippen molar-refractivity contribution in [2.75, 3.05) is 0 Å². The van der Waals surface area contributed by atoms with Crippen molar-refractivity contribution < 1.29 is 4.74 Å². The normalized spacial score (nSPS) is 30.6. The maximum absolute atomic E-state index is 6.19. The molecular weight excluding hydrogens is 434 g/mol. The van der Waals surface area contributed by atoms with E-state index in [0.29, 0.717) is 12.1 Å². The van der Waals surface area contributed by atoms with Gasteiger partial charge < -0.3 is 10.1 Å². The number of ether oxygens (including phenoxy) is 1. The minimum absolute atomic E-state index is 0.366. The summed E-state index contributed by atoms with van der Waals surface area (Å²) in [6.45, 7) is 1.44. The molecule has 0 saturated heterocycles. The van der Waals surface area contributed by atoms with E-state index >= 15 is 0 Å². The van der Waals surface area contributed by atoms with Crippen LogP contribution >= 0.6 is 27.5 Å². The van der Waals surface area contributed by atoms with E-state index in [-0.39, 0.29) is 0 Å². The maximum Gasteiger partial charge on any atom is 0.124 e. The lowest BCUT2D eigenvalue weighted by Crippen LogP contribution is -2.58. The molecule has 28 heavy (non-hydrogen) atoms. The Morgan fingerprint density at radius 1 is 0.964 bits per heavy atom. The Bertz CT molecular complexity index is 815. The summed E-state index contributed by atoms with van der Waals surface area (Å²) in [4.78, 5) is 0. The fourth-order valence-electron chi connectivity index (χ4n) is 6.18. The van der Waals surface area contributed by atoms with Gasteiger partial charge in [0.15, 0.2) is 0 Å². The standard InChI is InChI=1S/C24H27BrClNO/c25-21-3-6-23(28-15-16-1-4-22(26)5-2-16)20(10-21)14-27-24-11-17-7-18(12-24)9-19(8-17)13-24/h1-6,10,17-19,27H,7-9,11-15H2. The van der Waals surface area contributed by atoms with Crippen LogP contribution in [0.15, 0.2) is 46.9 Å². The molecule has 0 atom stereocenters. The predicted molar refractivity (Wildman–Crippen MR) is 118 cm³/mol. The number of hydrogen-bond acceptors (Lipinski definition) is 2. The Balaban J connectivity index is 1.28. The second-order valence-corrected chi connectivity index (χ2v) is 10.6. The van der Waals surface area contributed by atoms with Gasteiger partial charge >= 0.3 is 0 Å². The summed E-state index contributed by atoms with van der Waals surface area (Å²) < 4.78 is 7.29. The van der Waals surface area contributed by atoms with Crippen LogP contribution in [0, 0.1) is 17.8 Å². The first-order valence-corrected chi connectivity index (χ1v) is 11.6. The average molecular weight is 461 g/mol. The van der Waals surface area contributed by atoms with E-state index in [1.807, 2.05) is 24.3 Å². The maximum atomic E-state index is 6.19. The average Bonchev–Trinajstić information content (AvgIpc) is 2.66. The van der Waals surface area contributed by atoms with Gasteiger partial charge in [0.05, 0.1) is 0 Å². The lowest BCUT2D eigenvalue weighted by atomic mass is 9.53. The van der Waals surface area contributed by atoms with Crippen LogP contribution < -0.4 is 10.1 Å². The molecule has 4 saturated carbocycles. The van der Waals surface area contributed by atoms with Gasteiger partial charge in [-0.05, 0) is 92.2 Å². The third-order valence-corrected chi connectivity index (χ3v) is 7.77. The zero-order chi connectivity index (χ0) is 19.1. The molecule has 4 bridgehead atoms. The second kappa shape index (κ2) is 7.66. The first-order valence-electron chi connectivity index (χ1n) is 10.5. The van der Waals surface area contributed by atoms with Crippen LogP contribution in [0.2, 0.25) is 5.02 Å². The van der Waals surface area contributed by atoms with Crippen molar-refractivity contribution >= 4 is 27.5 Å². The summed E-state index contributed by atoms with van der Waals surface area (Å²) in [6.07, 6.45) is 8.55. The molecule has 1 N–H and O–H groups in total. The van der Waals surface area contributed by atoms with E-state index in [1.54, 1.807) is 0 Å². The molecule has 4 heteroatoms. The van der Waals surface area contributed by atoms with E-state index in [4.69, 9.17) is 16.3 Å². The van der Waals surface area contributed by atoms with E-state index in [2.05, 4.69) is 39.4 Å². The van der Waals surface area contributed by atoms with Crippen molar-refractivity contribution in [3.63, 3.8) is 0 Å². The van der Waals surface area contributed by atoms with Crippen LogP contribution in [-0.2, 0) is 13.2 Å². The Labute approximate surface area is 181 Å². The van der Waals surface area contributed by atoms with Gasteiger partial charge in [-0.1, -0.05) is 39.7 Å². The predicted octanol–water partition coefficient (Wildman–Crippen LogP) is 6.74. The SMILES string of the molecule is Clc1ccc(COc2ccc(Br)cc2CNC23CC4CC(CC(C4)C2)C3)cc1. The molecule has 0 unspecified atom stereocenters. The highest BCUT2D eigenvalue weighted by molar-refractivity contribution is 9.10. The minimum atomic E-state index is 0.366. The molecule has 0 aromatic heterocycles. The molecule has 4 aliphatic rings. The number of nitrogens with one attached hydrogen (secondary N) is 1. The quantitative estimate of drug-likeness (QED) is 0.515. The number of rotatable bonds is 6. The van der Waals surface area contributed by atoms with Gasteiger partial charge in [0, 0.05) is 27.1 Å². The van der Waals surface area contributed by atoms with Crippen LogP contribution in [0.25, 0.3) is 0 Å². The van der Waals surface area contributed by atoms with Crippen LogP contribution in [0.1, 0.15) is 49.7 Å². The molecule has 148 valence electrons. The van der Waals surface area contributed by atoms with Gasteiger partial charge in [-0.15, -0.1) is 0 Å². The summed E-state index contributed by atoms with van der Waals surface area (Å²) in [5.74, 6) is 3.85. The molecule has 4 aliphatic carbocycles. The molecule has 2 nitrogen and oxygen atoms in total. The highest BCUT2D eigenvalue weighted by atomic mass is 79.9. The van der Waals surface area contributed by atoms with Gasteiger partial charge in [-0.25, -0.2) is 0 Å². The topological polar surface area (TPSA) is 21.3 Å². The fourth-order valence-corrected chi connectivity index (χ4v) is 6.71.